The van der Waals surface area contributed by atoms with E-state index in [0.29, 0.717) is 24.4 Å². The van der Waals surface area contributed by atoms with Crippen molar-refractivity contribution in [1.29, 1.82) is 0 Å². The fourth-order valence-corrected chi connectivity index (χ4v) is 5.23. The smallest absolute Gasteiger partial charge is 0.323 e. The zero-order valence-corrected chi connectivity index (χ0v) is 18.8. The topological polar surface area (TPSA) is 92.8 Å². The van der Waals surface area contributed by atoms with Crippen molar-refractivity contribution in [1.82, 2.24) is 25.9 Å². The average molecular weight is 420 g/mol. The number of nitrogens with one attached hydrogen (secondary N) is 2. The van der Waals surface area contributed by atoms with Gasteiger partial charge < -0.3 is 10.1 Å². The van der Waals surface area contributed by atoms with Crippen molar-refractivity contribution in [2.75, 3.05) is 13.2 Å². The quantitative estimate of drug-likeness (QED) is 0.367. The molecule has 2 aliphatic rings. The van der Waals surface area contributed by atoms with Gasteiger partial charge in [-0.05, 0) is 56.4 Å². The van der Waals surface area contributed by atoms with E-state index in [2.05, 4.69) is 32.9 Å². The zero-order valence-electron chi connectivity index (χ0n) is 18.8. The highest BCUT2D eigenvalue weighted by atomic mass is 16.5. The molecule has 0 aromatic carbocycles. The number of hydrogen-bond donors (Lipinski definition) is 2. The third-order valence-corrected chi connectivity index (χ3v) is 7.11. The number of hydrogen-bond acceptors (Lipinski definition) is 6. The van der Waals surface area contributed by atoms with Crippen molar-refractivity contribution < 1.29 is 9.53 Å². The summed E-state index contributed by atoms with van der Waals surface area (Å²) in [4.78, 5) is 12.5. The Balaban J connectivity index is 1.28. The maximum Gasteiger partial charge on any atom is 0.323 e. The van der Waals surface area contributed by atoms with Crippen LogP contribution < -0.4 is 5.32 Å². The molecule has 7 nitrogen and oxygen atoms in total. The Bertz CT molecular complexity index is 594. The molecule has 2 N–H and O–H groups in total. The van der Waals surface area contributed by atoms with Gasteiger partial charge in [0.1, 0.15) is 6.04 Å². The summed E-state index contributed by atoms with van der Waals surface area (Å²) in [7, 11) is 0. The second-order valence-corrected chi connectivity index (χ2v) is 9.40. The van der Waals surface area contributed by atoms with Crippen LogP contribution in [-0.4, -0.2) is 45.8 Å². The van der Waals surface area contributed by atoms with E-state index in [-0.39, 0.29) is 12.0 Å². The Morgan fingerprint density at radius 1 is 1.03 bits per heavy atom. The summed E-state index contributed by atoms with van der Waals surface area (Å²) in [6.45, 7) is 3.79. The molecule has 3 rings (SSSR count). The number of piperidine rings is 1. The number of carbonyl (C=O) groups is 1. The highest BCUT2D eigenvalue weighted by Crippen LogP contribution is 2.40. The first-order valence-corrected chi connectivity index (χ1v) is 12.4. The van der Waals surface area contributed by atoms with E-state index in [0.717, 1.165) is 38.1 Å². The molecule has 1 aliphatic heterocycles. The number of carbonyl (C=O) groups excluding carboxylic acids is 1. The molecule has 0 bridgehead atoms. The predicted molar refractivity (Wildman–Crippen MR) is 117 cm³/mol. The van der Waals surface area contributed by atoms with Gasteiger partial charge in [0, 0.05) is 6.42 Å². The van der Waals surface area contributed by atoms with Crippen LogP contribution in [0.4, 0.5) is 0 Å². The Morgan fingerprint density at radius 2 is 1.83 bits per heavy atom. The first-order chi connectivity index (χ1) is 14.8. The van der Waals surface area contributed by atoms with E-state index in [9.17, 15) is 4.79 Å². The third-order valence-electron chi connectivity index (χ3n) is 7.11. The summed E-state index contributed by atoms with van der Waals surface area (Å²) in [5.74, 6) is 2.83. The van der Waals surface area contributed by atoms with Crippen molar-refractivity contribution in [3.8, 4) is 0 Å². The number of nitrogens with zero attached hydrogens (tertiary/aromatic N) is 3. The van der Waals surface area contributed by atoms with Crippen LogP contribution >= 0.6 is 0 Å². The summed E-state index contributed by atoms with van der Waals surface area (Å²) in [6, 6.07) is -0.115. The molecule has 4 atom stereocenters. The lowest BCUT2D eigenvalue weighted by atomic mass is 9.69. The Kier molecular flexibility index (Phi) is 10.1. The van der Waals surface area contributed by atoms with Gasteiger partial charge >= 0.3 is 5.97 Å². The van der Waals surface area contributed by atoms with E-state index in [1.807, 2.05) is 0 Å². The molecule has 1 aliphatic carbocycles. The summed E-state index contributed by atoms with van der Waals surface area (Å²) >= 11 is 0. The zero-order chi connectivity index (χ0) is 21.0. The summed E-state index contributed by atoms with van der Waals surface area (Å²) in [6.07, 6.45) is 16.8. The highest BCUT2D eigenvalue weighted by molar-refractivity contribution is 5.75. The van der Waals surface area contributed by atoms with Crippen LogP contribution in [0.1, 0.15) is 96.2 Å². The number of tetrazole rings is 1. The van der Waals surface area contributed by atoms with Crippen LogP contribution in [0, 0.1) is 17.8 Å². The molecule has 1 saturated heterocycles. The number of esters is 1. The molecule has 2 fully saturated rings. The Hall–Kier alpha value is -1.50. The lowest BCUT2D eigenvalue weighted by molar-refractivity contribution is -0.148. The van der Waals surface area contributed by atoms with Crippen molar-refractivity contribution in [2.24, 2.45) is 17.8 Å². The molecule has 170 valence electrons. The van der Waals surface area contributed by atoms with Crippen LogP contribution in [0.3, 0.4) is 0 Å². The SMILES string of the molecule is CCCCCCCCCCOC(=O)C1CC2CC(CCc3nn[nH]n3)CC[C@H]2CN1. The van der Waals surface area contributed by atoms with Gasteiger partial charge in [-0.2, -0.15) is 5.21 Å². The summed E-state index contributed by atoms with van der Waals surface area (Å²) in [5.41, 5.74) is 0. The number of unbranched alkanes of at least 4 members (excludes halogenated alkanes) is 7. The first-order valence-electron chi connectivity index (χ1n) is 12.4. The number of fused-ring (bicyclic) bond motifs is 1. The van der Waals surface area contributed by atoms with Crippen molar-refractivity contribution >= 4 is 5.97 Å². The lowest BCUT2D eigenvalue weighted by Gasteiger charge is -2.42. The van der Waals surface area contributed by atoms with Crippen LogP contribution in [0.25, 0.3) is 0 Å². The van der Waals surface area contributed by atoms with Crippen LogP contribution in [0.5, 0.6) is 0 Å². The van der Waals surface area contributed by atoms with Gasteiger partial charge in [-0.25, -0.2) is 0 Å². The molecule has 1 aromatic rings. The molecule has 7 heteroatoms. The van der Waals surface area contributed by atoms with Gasteiger partial charge in [-0.1, -0.05) is 63.5 Å². The van der Waals surface area contributed by atoms with E-state index in [4.69, 9.17) is 4.74 Å². The monoisotopic (exact) mass is 419 g/mol. The molecule has 0 amide bonds. The molecule has 1 saturated carbocycles. The molecule has 30 heavy (non-hydrogen) atoms. The number of aromatic amines is 1. The molecule has 3 unspecified atom stereocenters. The minimum atomic E-state index is -0.115. The maximum absolute atomic E-state index is 12.5. The van der Waals surface area contributed by atoms with E-state index < -0.39 is 0 Å². The maximum atomic E-state index is 12.5. The van der Waals surface area contributed by atoms with Gasteiger partial charge in [0.25, 0.3) is 0 Å². The van der Waals surface area contributed by atoms with E-state index in [1.54, 1.807) is 0 Å². The Labute approximate surface area is 181 Å². The highest BCUT2D eigenvalue weighted by Gasteiger charge is 2.38. The van der Waals surface area contributed by atoms with Crippen LogP contribution in [0.15, 0.2) is 0 Å². The Morgan fingerprint density at radius 3 is 2.60 bits per heavy atom. The first kappa shape index (κ1) is 23.2. The minimum absolute atomic E-state index is 0.0367. The number of ether oxygens (including phenoxy) is 1. The second-order valence-electron chi connectivity index (χ2n) is 9.40. The lowest BCUT2D eigenvalue weighted by Crippen LogP contribution is -2.50. The number of aromatic nitrogens is 4. The molecular formula is C23H41N5O2. The van der Waals surface area contributed by atoms with E-state index >= 15 is 0 Å². The normalized spacial score (nSPS) is 26.3. The predicted octanol–water partition coefficient (Wildman–Crippen LogP) is 4.21. The second kappa shape index (κ2) is 13.0. The number of rotatable bonds is 13. The molecule has 0 spiro atoms. The fraction of sp³-hybridized carbons (Fsp3) is 0.913. The minimum Gasteiger partial charge on any atom is -0.465 e. The van der Waals surface area contributed by atoms with Gasteiger partial charge in [0.2, 0.25) is 0 Å². The molecule has 0 radical (unpaired) electrons. The number of aryl methyl sites for hydroxylation is 1. The standard InChI is InChI=1S/C23H41N5O2/c1-2-3-4-5-6-7-8-9-14-30-23(29)21-16-20-15-18(10-12-19(20)17-24-21)11-13-22-25-27-28-26-22/h18-21,24H,2-17H2,1H3,(H,25,26,27,28)/t18?,19-,20?,21?/m0/s1. The van der Waals surface area contributed by atoms with Crippen molar-refractivity contribution in [2.45, 2.75) is 103 Å². The van der Waals surface area contributed by atoms with Crippen LogP contribution in [0.2, 0.25) is 0 Å². The van der Waals surface area contributed by atoms with Crippen molar-refractivity contribution in [3.05, 3.63) is 5.82 Å². The summed E-state index contributed by atoms with van der Waals surface area (Å²) in [5, 5.41) is 17.8. The van der Waals surface area contributed by atoms with E-state index in [1.165, 1.54) is 64.2 Å². The third kappa shape index (κ3) is 7.64. The largest absolute Gasteiger partial charge is 0.465 e. The molecular weight excluding hydrogens is 378 g/mol. The number of H-pyrrole nitrogens is 1. The van der Waals surface area contributed by atoms with Gasteiger partial charge in [0.15, 0.2) is 5.82 Å². The fourth-order valence-electron chi connectivity index (χ4n) is 5.23. The molecule has 2 heterocycles. The summed E-state index contributed by atoms with van der Waals surface area (Å²) < 4.78 is 5.60. The van der Waals surface area contributed by atoms with Gasteiger partial charge in [-0.15, -0.1) is 10.2 Å². The average Bonchev–Trinajstić information content (AvgIpc) is 3.29. The van der Waals surface area contributed by atoms with Crippen molar-refractivity contribution in [3.63, 3.8) is 0 Å². The molecule has 1 aromatic heterocycles. The van der Waals surface area contributed by atoms with Crippen LogP contribution in [-0.2, 0) is 16.0 Å². The van der Waals surface area contributed by atoms with Gasteiger partial charge in [0.05, 0.1) is 6.61 Å². The van der Waals surface area contributed by atoms with Gasteiger partial charge in [-0.3, -0.25) is 4.79 Å².